The number of benzene rings is 1. The fraction of sp³-hybridized carbons (Fsp3) is 0.421. The van der Waals surface area contributed by atoms with Crippen LogP contribution in [0.15, 0.2) is 18.2 Å². The molecule has 5 nitrogen and oxygen atoms in total. The lowest BCUT2D eigenvalue weighted by molar-refractivity contribution is 0.0980. The lowest BCUT2D eigenvalue weighted by atomic mass is 10.1. The summed E-state index contributed by atoms with van der Waals surface area (Å²) in [6.45, 7) is 2.10. The van der Waals surface area contributed by atoms with Crippen molar-refractivity contribution in [1.82, 2.24) is 14.5 Å². The van der Waals surface area contributed by atoms with Gasteiger partial charge in [-0.1, -0.05) is 13.3 Å². The third-order valence-electron chi connectivity index (χ3n) is 4.77. The summed E-state index contributed by atoms with van der Waals surface area (Å²) in [5.41, 5.74) is 3.84. The number of nitrogens with one attached hydrogen (secondary N) is 1. The maximum Gasteiger partial charge on any atom is 0.209 e. The number of hydrogen-bond acceptors (Lipinski definition) is 5. The summed E-state index contributed by atoms with van der Waals surface area (Å²) in [5, 5.41) is 4.25. The van der Waals surface area contributed by atoms with Crippen LogP contribution in [0.4, 0.5) is 11.1 Å². The van der Waals surface area contributed by atoms with E-state index >= 15 is 0 Å². The number of thiazole rings is 1. The molecule has 2 aromatic heterocycles. The summed E-state index contributed by atoms with van der Waals surface area (Å²) in [4.78, 5) is 23.0. The molecule has 0 saturated carbocycles. The summed E-state index contributed by atoms with van der Waals surface area (Å²) in [5.74, 6) is 0.959. The molecule has 3 aromatic rings. The number of imidazole rings is 1. The van der Waals surface area contributed by atoms with Gasteiger partial charge in [0.25, 0.3) is 0 Å². The molecule has 0 atom stereocenters. The zero-order valence-electron chi connectivity index (χ0n) is 14.6. The van der Waals surface area contributed by atoms with E-state index in [-0.39, 0.29) is 5.78 Å². The Bertz CT molecular complexity index is 919. The first-order valence-electron chi connectivity index (χ1n) is 8.91. The molecule has 4 rings (SSSR count). The highest BCUT2D eigenvalue weighted by Gasteiger charge is 2.18. The number of ketones is 1. The topological polar surface area (TPSA) is 59.8 Å². The normalized spacial score (nSPS) is 13.4. The van der Waals surface area contributed by atoms with Crippen molar-refractivity contribution in [2.75, 3.05) is 5.32 Å². The molecule has 0 fully saturated rings. The predicted octanol–water partition coefficient (Wildman–Crippen LogP) is 4.64. The third kappa shape index (κ3) is 3.06. The quantitative estimate of drug-likeness (QED) is 0.655. The highest BCUT2D eigenvalue weighted by molar-refractivity contribution is 7.15. The molecular weight excluding hydrogens is 332 g/mol. The molecule has 0 spiro atoms. The molecule has 0 radical (unpaired) electrons. The van der Waals surface area contributed by atoms with E-state index in [1.165, 1.54) is 17.0 Å². The average Bonchev–Trinajstić information content (AvgIpc) is 3.27. The van der Waals surface area contributed by atoms with Gasteiger partial charge in [0.1, 0.15) is 0 Å². The second kappa shape index (κ2) is 6.59. The average molecular weight is 354 g/mol. The maximum atomic E-state index is 12.3. The van der Waals surface area contributed by atoms with Crippen molar-refractivity contribution in [2.24, 2.45) is 7.05 Å². The number of carbonyl (C=O) groups excluding carboxylic acids is 1. The Kier molecular flexibility index (Phi) is 4.29. The molecule has 0 bridgehead atoms. The van der Waals surface area contributed by atoms with Crippen molar-refractivity contribution in [3.8, 4) is 0 Å². The largest absolute Gasteiger partial charge is 0.313 e. The van der Waals surface area contributed by atoms with E-state index in [0.29, 0.717) is 6.42 Å². The smallest absolute Gasteiger partial charge is 0.209 e. The summed E-state index contributed by atoms with van der Waals surface area (Å²) in [6, 6.07) is 5.79. The van der Waals surface area contributed by atoms with Gasteiger partial charge in [0.2, 0.25) is 5.95 Å². The van der Waals surface area contributed by atoms with Crippen molar-refractivity contribution in [3.63, 3.8) is 0 Å². The fourth-order valence-electron chi connectivity index (χ4n) is 3.31. The predicted molar refractivity (Wildman–Crippen MR) is 102 cm³/mol. The first kappa shape index (κ1) is 16.3. The van der Waals surface area contributed by atoms with Gasteiger partial charge in [-0.15, -0.1) is 11.3 Å². The van der Waals surface area contributed by atoms with E-state index in [1.807, 2.05) is 29.8 Å². The van der Waals surface area contributed by atoms with Crippen LogP contribution >= 0.6 is 11.3 Å². The number of fused-ring (bicyclic) bond motifs is 2. The Balaban J connectivity index is 1.61. The van der Waals surface area contributed by atoms with Gasteiger partial charge in [-0.25, -0.2) is 9.97 Å². The van der Waals surface area contributed by atoms with E-state index in [1.54, 1.807) is 11.3 Å². The molecule has 0 aliphatic heterocycles. The summed E-state index contributed by atoms with van der Waals surface area (Å²) in [7, 11) is 1.98. The van der Waals surface area contributed by atoms with Crippen molar-refractivity contribution in [3.05, 3.63) is 34.3 Å². The molecule has 25 heavy (non-hydrogen) atoms. The molecule has 130 valence electrons. The summed E-state index contributed by atoms with van der Waals surface area (Å²) >= 11 is 1.72. The van der Waals surface area contributed by atoms with Gasteiger partial charge in [-0.3, -0.25) is 4.79 Å². The molecule has 2 heterocycles. The summed E-state index contributed by atoms with van der Waals surface area (Å²) < 4.78 is 2.02. The Morgan fingerprint density at radius 2 is 2.20 bits per heavy atom. The van der Waals surface area contributed by atoms with Gasteiger partial charge in [-0.05, 0) is 43.9 Å². The monoisotopic (exact) mass is 354 g/mol. The fourth-order valence-corrected chi connectivity index (χ4v) is 4.35. The van der Waals surface area contributed by atoms with Crippen LogP contribution in [0.5, 0.6) is 0 Å². The first-order valence-corrected chi connectivity index (χ1v) is 9.72. The minimum absolute atomic E-state index is 0.195. The van der Waals surface area contributed by atoms with Gasteiger partial charge in [0, 0.05) is 23.9 Å². The van der Waals surface area contributed by atoms with E-state index in [0.717, 1.165) is 53.4 Å². The van der Waals surface area contributed by atoms with Gasteiger partial charge >= 0.3 is 0 Å². The van der Waals surface area contributed by atoms with Crippen molar-refractivity contribution >= 4 is 39.2 Å². The SMILES string of the molecule is CCCCC(=O)c1ccc2c(c1)nc(Nc1nc3c(s1)CCC3)n2C. The molecule has 1 aliphatic carbocycles. The van der Waals surface area contributed by atoms with Crippen LogP contribution in [0.25, 0.3) is 11.0 Å². The van der Waals surface area contributed by atoms with Crippen molar-refractivity contribution in [2.45, 2.75) is 45.4 Å². The Hall–Kier alpha value is -2.21. The Labute approximate surface area is 151 Å². The van der Waals surface area contributed by atoms with Crippen LogP contribution in [-0.4, -0.2) is 20.3 Å². The van der Waals surface area contributed by atoms with Crippen LogP contribution in [0.2, 0.25) is 0 Å². The molecule has 6 heteroatoms. The number of nitrogens with zero attached hydrogens (tertiary/aromatic N) is 3. The van der Waals surface area contributed by atoms with Crippen LogP contribution in [0.1, 0.15) is 53.5 Å². The highest BCUT2D eigenvalue weighted by atomic mass is 32.1. The number of rotatable bonds is 6. The minimum atomic E-state index is 0.195. The zero-order chi connectivity index (χ0) is 17.4. The Morgan fingerprint density at radius 1 is 1.32 bits per heavy atom. The maximum absolute atomic E-state index is 12.3. The van der Waals surface area contributed by atoms with Gasteiger partial charge < -0.3 is 9.88 Å². The Morgan fingerprint density at radius 3 is 3.00 bits per heavy atom. The van der Waals surface area contributed by atoms with Crippen LogP contribution in [-0.2, 0) is 19.9 Å². The standard InChI is InChI=1S/C19H22N4OS/c1-3-4-7-16(24)12-9-10-15-14(11-12)20-18(23(15)2)22-19-21-13-6-5-8-17(13)25-19/h9-11H,3-8H2,1-2H3,(H,20,21,22). The van der Waals surface area contributed by atoms with Crippen molar-refractivity contribution in [1.29, 1.82) is 0 Å². The number of carbonyl (C=O) groups is 1. The number of aromatic nitrogens is 3. The molecule has 1 aromatic carbocycles. The van der Waals surface area contributed by atoms with Crippen molar-refractivity contribution < 1.29 is 4.79 Å². The first-order chi connectivity index (χ1) is 12.2. The minimum Gasteiger partial charge on any atom is -0.313 e. The number of hydrogen-bond donors (Lipinski definition) is 1. The van der Waals surface area contributed by atoms with Crippen LogP contribution in [0.3, 0.4) is 0 Å². The summed E-state index contributed by atoms with van der Waals surface area (Å²) in [6.07, 6.45) is 6.00. The number of unbranched alkanes of at least 4 members (excludes halogenated alkanes) is 1. The van der Waals surface area contributed by atoms with Gasteiger partial charge in [0.05, 0.1) is 16.7 Å². The molecule has 1 aliphatic rings. The highest BCUT2D eigenvalue weighted by Crippen LogP contribution is 2.32. The molecule has 0 amide bonds. The van der Waals surface area contributed by atoms with Gasteiger partial charge in [0.15, 0.2) is 10.9 Å². The lowest BCUT2D eigenvalue weighted by Gasteiger charge is -2.03. The lowest BCUT2D eigenvalue weighted by Crippen LogP contribution is -1.99. The second-order valence-corrected chi connectivity index (χ2v) is 7.68. The van der Waals surface area contributed by atoms with Gasteiger partial charge in [-0.2, -0.15) is 0 Å². The number of Topliss-reactive ketones (excluding diaryl/α,β-unsaturated/α-hetero) is 1. The third-order valence-corrected chi connectivity index (χ3v) is 5.85. The second-order valence-electron chi connectivity index (χ2n) is 6.59. The molecule has 1 N–H and O–H groups in total. The molecule has 0 unspecified atom stereocenters. The van der Waals surface area contributed by atoms with E-state index in [9.17, 15) is 4.79 Å². The van der Waals surface area contributed by atoms with E-state index in [4.69, 9.17) is 0 Å². The number of anilines is 2. The van der Waals surface area contributed by atoms with Crippen LogP contribution < -0.4 is 5.32 Å². The molecular formula is C19H22N4OS. The van der Waals surface area contributed by atoms with E-state index in [2.05, 4.69) is 22.2 Å². The number of aryl methyl sites for hydroxylation is 3. The van der Waals surface area contributed by atoms with Crippen LogP contribution in [0, 0.1) is 0 Å². The zero-order valence-corrected chi connectivity index (χ0v) is 15.4. The molecule has 0 saturated heterocycles. The van der Waals surface area contributed by atoms with E-state index < -0.39 is 0 Å².